The van der Waals surface area contributed by atoms with Crippen molar-refractivity contribution in [2.75, 3.05) is 19.0 Å². The zero-order chi connectivity index (χ0) is 17.1. The van der Waals surface area contributed by atoms with Crippen molar-refractivity contribution in [2.45, 2.75) is 0 Å². The van der Waals surface area contributed by atoms with Crippen LogP contribution in [0.2, 0.25) is 0 Å². The van der Waals surface area contributed by atoms with Gasteiger partial charge in [-0.15, -0.1) is 0 Å². The van der Waals surface area contributed by atoms with Crippen molar-refractivity contribution in [3.63, 3.8) is 0 Å². The molecule has 0 amide bonds. The Balaban J connectivity index is 2.02. The van der Waals surface area contributed by atoms with E-state index in [0.29, 0.717) is 5.46 Å². The summed E-state index contributed by atoms with van der Waals surface area (Å²) >= 11 is 0. The van der Waals surface area contributed by atoms with Crippen molar-refractivity contribution in [1.82, 2.24) is 0 Å². The third-order valence-corrected chi connectivity index (χ3v) is 4.06. The van der Waals surface area contributed by atoms with Crippen molar-refractivity contribution in [1.29, 1.82) is 0 Å². The van der Waals surface area contributed by atoms with Gasteiger partial charge < -0.3 is 14.9 Å². The standard InChI is InChI=1S/C20H20BNO2/c1-22(2)19-13-15(12-18(14-19)21(23)24)10-11-17-8-5-7-16-6-3-4-9-20(16)17/h3-14,23-24H,1-2H3/b11-10+. The first-order valence-electron chi connectivity index (χ1n) is 7.89. The molecule has 3 aromatic carbocycles. The third kappa shape index (κ3) is 3.50. The fourth-order valence-corrected chi connectivity index (χ4v) is 2.74. The van der Waals surface area contributed by atoms with Gasteiger partial charge in [0, 0.05) is 19.8 Å². The number of anilines is 1. The summed E-state index contributed by atoms with van der Waals surface area (Å²) in [6, 6.07) is 20.1. The van der Waals surface area contributed by atoms with Gasteiger partial charge >= 0.3 is 7.12 Å². The summed E-state index contributed by atoms with van der Waals surface area (Å²) in [6.45, 7) is 0. The van der Waals surface area contributed by atoms with Crippen molar-refractivity contribution in [3.05, 3.63) is 71.8 Å². The lowest BCUT2D eigenvalue weighted by molar-refractivity contribution is 0.426. The molecule has 3 nitrogen and oxygen atoms in total. The van der Waals surface area contributed by atoms with E-state index in [9.17, 15) is 10.0 Å². The second kappa shape index (κ2) is 6.91. The largest absolute Gasteiger partial charge is 0.488 e. The van der Waals surface area contributed by atoms with Crippen LogP contribution in [0.15, 0.2) is 60.7 Å². The molecule has 0 bridgehead atoms. The first kappa shape index (κ1) is 16.3. The Bertz CT molecular complexity index is 856. The van der Waals surface area contributed by atoms with E-state index < -0.39 is 7.12 Å². The van der Waals surface area contributed by atoms with Gasteiger partial charge in [0.15, 0.2) is 0 Å². The maximum absolute atomic E-state index is 9.49. The Kier molecular flexibility index (Phi) is 4.70. The highest BCUT2D eigenvalue weighted by atomic mass is 16.4. The highest BCUT2D eigenvalue weighted by Gasteiger charge is 2.13. The van der Waals surface area contributed by atoms with E-state index in [1.54, 1.807) is 12.1 Å². The minimum Gasteiger partial charge on any atom is -0.423 e. The summed E-state index contributed by atoms with van der Waals surface area (Å²) in [5.41, 5.74) is 3.48. The first-order chi connectivity index (χ1) is 11.5. The van der Waals surface area contributed by atoms with Crippen molar-refractivity contribution in [3.8, 4) is 0 Å². The van der Waals surface area contributed by atoms with Crippen molar-refractivity contribution < 1.29 is 10.0 Å². The molecule has 0 saturated heterocycles. The SMILES string of the molecule is CN(C)c1cc(/C=C/c2cccc3ccccc23)cc(B(O)O)c1. The summed E-state index contributed by atoms with van der Waals surface area (Å²) in [5, 5.41) is 21.4. The second-order valence-corrected chi connectivity index (χ2v) is 6.03. The molecule has 3 aromatic rings. The van der Waals surface area contributed by atoms with Gasteiger partial charge in [0.2, 0.25) is 0 Å². The average molecular weight is 317 g/mol. The van der Waals surface area contributed by atoms with Crippen LogP contribution < -0.4 is 10.4 Å². The topological polar surface area (TPSA) is 43.7 Å². The lowest BCUT2D eigenvalue weighted by Gasteiger charge is -2.15. The number of fused-ring (bicyclic) bond motifs is 1. The van der Waals surface area contributed by atoms with Gasteiger partial charge in [0.1, 0.15) is 0 Å². The molecule has 0 unspecified atom stereocenters. The maximum atomic E-state index is 9.49. The molecule has 0 aliphatic carbocycles. The Morgan fingerprint density at radius 3 is 2.38 bits per heavy atom. The van der Waals surface area contributed by atoms with Crippen LogP contribution in [0.5, 0.6) is 0 Å². The Morgan fingerprint density at radius 1 is 0.875 bits per heavy atom. The average Bonchev–Trinajstić information content (AvgIpc) is 2.59. The number of benzene rings is 3. The van der Waals surface area contributed by atoms with E-state index >= 15 is 0 Å². The highest BCUT2D eigenvalue weighted by molar-refractivity contribution is 6.58. The quantitative estimate of drug-likeness (QED) is 0.574. The Morgan fingerprint density at radius 2 is 1.62 bits per heavy atom. The van der Waals surface area contributed by atoms with Gasteiger partial charge in [-0.3, -0.25) is 0 Å². The van der Waals surface area contributed by atoms with E-state index in [-0.39, 0.29) is 0 Å². The smallest absolute Gasteiger partial charge is 0.423 e. The van der Waals surface area contributed by atoms with Gasteiger partial charge in [-0.25, -0.2) is 0 Å². The zero-order valence-electron chi connectivity index (χ0n) is 13.8. The summed E-state index contributed by atoms with van der Waals surface area (Å²) in [7, 11) is 2.39. The van der Waals surface area contributed by atoms with E-state index in [0.717, 1.165) is 16.8 Å². The lowest BCUT2D eigenvalue weighted by atomic mass is 9.79. The predicted molar refractivity (Wildman–Crippen MR) is 103 cm³/mol. The minimum atomic E-state index is -1.48. The van der Waals surface area contributed by atoms with Crippen LogP contribution >= 0.6 is 0 Å². The summed E-state index contributed by atoms with van der Waals surface area (Å²) in [4.78, 5) is 1.95. The molecule has 0 fully saturated rings. The molecule has 0 radical (unpaired) electrons. The first-order valence-corrected chi connectivity index (χ1v) is 7.89. The molecule has 0 heterocycles. The monoisotopic (exact) mass is 317 g/mol. The molecular formula is C20H20BNO2. The molecule has 0 aliphatic heterocycles. The predicted octanol–water partition coefficient (Wildman–Crippen LogP) is 2.76. The third-order valence-electron chi connectivity index (χ3n) is 4.06. The summed E-state index contributed by atoms with van der Waals surface area (Å²) in [6.07, 6.45) is 4.06. The lowest BCUT2D eigenvalue weighted by Crippen LogP contribution is -2.30. The van der Waals surface area contributed by atoms with Gasteiger partial charge in [0.05, 0.1) is 0 Å². The van der Waals surface area contributed by atoms with E-state index in [1.165, 1.54) is 10.8 Å². The zero-order valence-corrected chi connectivity index (χ0v) is 13.8. The maximum Gasteiger partial charge on any atom is 0.488 e. The Labute approximate surface area is 142 Å². The number of rotatable bonds is 4. The van der Waals surface area contributed by atoms with E-state index in [2.05, 4.69) is 30.3 Å². The molecule has 0 aromatic heterocycles. The van der Waals surface area contributed by atoms with E-state index in [1.807, 2.05) is 49.3 Å². The molecule has 24 heavy (non-hydrogen) atoms. The number of hydrogen-bond donors (Lipinski definition) is 2. The highest BCUT2D eigenvalue weighted by Crippen LogP contribution is 2.21. The van der Waals surface area contributed by atoms with Crippen LogP contribution in [0, 0.1) is 0 Å². The summed E-state index contributed by atoms with van der Waals surface area (Å²) in [5.74, 6) is 0. The van der Waals surface area contributed by atoms with Crippen LogP contribution in [0.25, 0.3) is 22.9 Å². The van der Waals surface area contributed by atoms with Gasteiger partial charge in [-0.05, 0) is 39.5 Å². The molecule has 0 aliphatic rings. The van der Waals surface area contributed by atoms with Gasteiger partial charge in [0.25, 0.3) is 0 Å². The molecule has 0 spiro atoms. The van der Waals surface area contributed by atoms with Crippen molar-refractivity contribution >= 4 is 41.2 Å². The van der Waals surface area contributed by atoms with Crippen LogP contribution in [-0.2, 0) is 0 Å². The fraction of sp³-hybridized carbons (Fsp3) is 0.100. The number of hydrogen-bond acceptors (Lipinski definition) is 3. The normalized spacial score (nSPS) is 11.2. The molecule has 4 heteroatoms. The molecular weight excluding hydrogens is 297 g/mol. The van der Waals surface area contributed by atoms with Crippen LogP contribution in [0.3, 0.4) is 0 Å². The molecule has 3 rings (SSSR count). The molecule has 0 saturated carbocycles. The summed E-state index contributed by atoms with van der Waals surface area (Å²) < 4.78 is 0. The molecule has 2 N–H and O–H groups in total. The second-order valence-electron chi connectivity index (χ2n) is 6.03. The number of nitrogens with zero attached hydrogens (tertiary/aromatic N) is 1. The molecule has 120 valence electrons. The fourth-order valence-electron chi connectivity index (χ4n) is 2.74. The minimum absolute atomic E-state index is 0.485. The molecule has 0 atom stereocenters. The van der Waals surface area contributed by atoms with Crippen LogP contribution in [0.4, 0.5) is 5.69 Å². The van der Waals surface area contributed by atoms with Gasteiger partial charge in [-0.1, -0.05) is 60.7 Å². The van der Waals surface area contributed by atoms with Crippen LogP contribution in [0.1, 0.15) is 11.1 Å². The van der Waals surface area contributed by atoms with Gasteiger partial charge in [-0.2, -0.15) is 0 Å². The van der Waals surface area contributed by atoms with E-state index in [4.69, 9.17) is 0 Å². The van der Waals surface area contributed by atoms with Crippen molar-refractivity contribution in [2.24, 2.45) is 0 Å². The Hall–Kier alpha value is -2.56. The van der Waals surface area contributed by atoms with Crippen LogP contribution in [-0.4, -0.2) is 31.3 Å².